The van der Waals surface area contributed by atoms with Gasteiger partial charge in [-0.3, -0.25) is 9.69 Å². The molecule has 3 heterocycles. The fourth-order valence-electron chi connectivity index (χ4n) is 3.44. The first-order valence-electron chi connectivity index (χ1n) is 9.51. The van der Waals surface area contributed by atoms with E-state index in [1.54, 1.807) is 11.8 Å². The summed E-state index contributed by atoms with van der Waals surface area (Å²) >= 11 is 0. The van der Waals surface area contributed by atoms with Crippen molar-refractivity contribution in [1.82, 2.24) is 25.2 Å². The lowest BCUT2D eigenvalue weighted by molar-refractivity contribution is -0.00180. The van der Waals surface area contributed by atoms with Crippen molar-refractivity contribution in [3.63, 3.8) is 0 Å². The first kappa shape index (κ1) is 18.9. The van der Waals surface area contributed by atoms with Crippen molar-refractivity contribution in [2.75, 3.05) is 46.5 Å². The van der Waals surface area contributed by atoms with E-state index in [2.05, 4.69) is 20.5 Å². The highest BCUT2D eigenvalue weighted by atomic mass is 16.5. The molecule has 0 spiro atoms. The molecule has 1 saturated heterocycles. The molecule has 1 N–H and O–H groups in total. The standard InChI is InChI=1S/C19H25N5O4/c1-26-15-4-2-14(3-5-15)17-12-24-16(13-28-17)18(21-22-24)19(25)20-6-7-23-8-10-27-11-9-23/h2-5,17H,6-13H2,1H3,(H,20,25). The number of carbonyl (C=O) groups excluding carboxylic acids is 1. The zero-order valence-electron chi connectivity index (χ0n) is 16.0. The lowest BCUT2D eigenvalue weighted by Gasteiger charge is -2.26. The second-order valence-electron chi connectivity index (χ2n) is 6.85. The van der Waals surface area contributed by atoms with Gasteiger partial charge in [-0.15, -0.1) is 5.10 Å². The molecule has 9 heteroatoms. The summed E-state index contributed by atoms with van der Waals surface area (Å²) in [5.41, 5.74) is 2.10. The van der Waals surface area contributed by atoms with Crippen LogP contribution in [0.2, 0.25) is 0 Å². The number of nitrogens with one attached hydrogen (secondary N) is 1. The number of hydrogen-bond donors (Lipinski definition) is 1. The molecule has 28 heavy (non-hydrogen) atoms. The molecule has 2 aliphatic rings. The molecule has 1 fully saturated rings. The van der Waals surface area contributed by atoms with E-state index in [1.165, 1.54) is 0 Å². The summed E-state index contributed by atoms with van der Waals surface area (Å²) < 4.78 is 18.2. The highest BCUT2D eigenvalue weighted by Crippen LogP contribution is 2.28. The third kappa shape index (κ3) is 4.16. The molecule has 1 aromatic carbocycles. The molecule has 0 aliphatic carbocycles. The summed E-state index contributed by atoms with van der Waals surface area (Å²) in [6.45, 7) is 5.49. The van der Waals surface area contributed by atoms with Gasteiger partial charge in [0.05, 0.1) is 39.2 Å². The van der Waals surface area contributed by atoms with E-state index in [0.717, 1.165) is 44.2 Å². The Kier molecular flexibility index (Phi) is 5.84. The molecule has 0 radical (unpaired) electrons. The molecule has 150 valence electrons. The van der Waals surface area contributed by atoms with E-state index in [9.17, 15) is 4.79 Å². The second kappa shape index (κ2) is 8.68. The SMILES string of the molecule is COc1ccc(C2Cn3nnc(C(=O)NCCN4CCOCC4)c3CO2)cc1. The smallest absolute Gasteiger partial charge is 0.273 e. The lowest BCUT2D eigenvalue weighted by Crippen LogP contribution is -2.41. The summed E-state index contributed by atoms with van der Waals surface area (Å²) in [6.07, 6.45) is -0.127. The summed E-state index contributed by atoms with van der Waals surface area (Å²) in [6, 6.07) is 7.77. The zero-order valence-corrected chi connectivity index (χ0v) is 16.0. The van der Waals surface area contributed by atoms with Gasteiger partial charge in [0.25, 0.3) is 5.91 Å². The predicted octanol–water partition coefficient (Wildman–Crippen LogP) is 0.620. The monoisotopic (exact) mass is 387 g/mol. The molecule has 2 aliphatic heterocycles. The predicted molar refractivity (Wildman–Crippen MR) is 100 cm³/mol. The maximum Gasteiger partial charge on any atom is 0.273 e. The van der Waals surface area contributed by atoms with Crippen LogP contribution in [0.1, 0.15) is 27.8 Å². The fraction of sp³-hybridized carbons (Fsp3) is 0.526. The number of morpholine rings is 1. The van der Waals surface area contributed by atoms with E-state index in [4.69, 9.17) is 14.2 Å². The van der Waals surface area contributed by atoms with Gasteiger partial charge in [0.15, 0.2) is 5.69 Å². The Labute approximate surface area is 163 Å². The van der Waals surface area contributed by atoms with Gasteiger partial charge in [-0.2, -0.15) is 0 Å². The van der Waals surface area contributed by atoms with Crippen LogP contribution >= 0.6 is 0 Å². The van der Waals surface area contributed by atoms with Crippen LogP contribution in [-0.2, 0) is 22.6 Å². The second-order valence-corrected chi connectivity index (χ2v) is 6.85. The molecule has 1 unspecified atom stereocenters. The summed E-state index contributed by atoms with van der Waals surface area (Å²) in [5, 5.41) is 11.2. The molecular formula is C19H25N5O4. The minimum Gasteiger partial charge on any atom is -0.497 e. The molecule has 0 bridgehead atoms. The zero-order chi connectivity index (χ0) is 19.3. The van der Waals surface area contributed by atoms with Crippen molar-refractivity contribution in [3.05, 3.63) is 41.2 Å². The number of aromatic nitrogens is 3. The van der Waals surface area contributed by atoms with Crippen molar-refractivity contribution in [2.45, 2.75) is 19.3 Å². The van der Waals surface area contributed by atoms with Crippen LogP contribution in [0.15, 0.2) is 24.3 Å². The Morgan fingerprint density at radius 1 is 1.29 bits per heavy atom. The topological polar surface area (TPSA) is 90.7 Å². The minimum atomic E-state index is -0.207. The molecule has 2 aromatic rings. The Morgan fingerprint density at radius 3 is 2.82 bits per heavy atom. The molecule has 0 saturated carbocycles. The van der Waals surface area contributed by atoms with Crippen LogP contribution in [0.5, 0.6) is 5.75 Å². The Morgan fingerprint density at radius 2 is 2.07 bits per heavy atom. The van der Waals surface area contributed by atoms with Gasteiger partial charge in [0.1, 0.15) is 11.9 Å². The number of fused-ring (bicyclic) bond motifs is 1. The number of hydrogen-bond acceptors (Lipinski definition) is 7. The molecule has 1 atom stereocenters. The average molecular weight is 387 g/mol. The van der Waals surface area contributed by atoms with Gasteiger partial charge in [-0.25, -0.2) is 4.68 Å². The van der Waals surface area contributed by atoms with E-state index in [1.807, 2.05) is 24.3 Å². The summed E-state index contributed by atoms with van der Waals surface area (Å²) in [5.74, 6) is 0.595. The molecule has 1 amide bonds. The third-order valence-corrected chi connectivity index (χ3v) is 5.12. The van der Waals surface area contributed by atoms with E-state index in [0.29, 0.717) is 31.1 Å². The highest BCUT2D eigenvalue weighted by molar-refractivity contribution is 5.93. The number of carbonyl (C=O) groups is 1. The Hall–Kier alpha value is -2.49. The summed E-state index contributed by atoms with van der Waals surface area (Å²) in [7, 11) is 1.64. The number of ether oxygens (including phenoxy) is 3. The van der Waals surface area contributed by atoms with Crippen LogP contribution in [0.25, 0.3) is 0 Å². The van der Waals surface area contributed by atoms with Crippen LogP contribution in [0.3, 0.4) is 0 Å². The van der Waals surface area contributed by atoms with Gasteiger partial charge in [-0.1, -0.05) is 17.3 Å². The first-order chi connectivity index (χ1) is 13.7. The van der Waals surface area contributed by atoms with Crippen molar-refractivity contribution in [2.24, 2.45) is 0 Å². The fourth-order valence-corrected chi connectivity index (χ4v) is 3.44. The molecule has 1 aromatic heterocycles. The molecular weight excluding hydrogens is 362 g/mol. The van der Waals surface area contributed by atoms with Crippen molar-refractivity contribution in [3.8, 4) is 5.75 Å². The van der Waals surface area contributed by atoms with Crippen molar-refractivity contribution in [1.29, 1.82) is 0 Å². The number of methoxy groups -OCH3 is 1. The van der Waals surface area contributed by atoms with Gasteiger partial charge in [0.2, 0.25) is 0 Å². The van der Waals surface area contributed by atoms with Gasteiger partial charge >= 0.3 is 0 Å². The quantitative estimate of drug-likeness (QED) is 0.777. The number of nitrogens with zero attached hydrogens (tertiary/aromatic N) is 4. The van der Waals surface area contributed by atoms with Crippen molar-refractivity contribution >= 4 is 5.91 Å². The highest BCUT2D eigenvalue weighted by Gasteiger charge is 2.27. The number of rotatable bonds is 6. The van der Waals surface area contributed by atoms with Crippen molar-refractivity contribution < 1.29 is 19.0 Å². The van der Waals surface area contributed by atoms with Crippen LogP contribution in [0.4, 0.5) is 0 Å². The largest absolute Gasteiger partial charge is 0.497 e. The van der Waals surface area contributed by atoms with Gasteiger partial charge in [0, 0.05) is 26.2 Å². The first-order valence-corrected chi connectivity index (χ1v) is 9.51. The van der Waals surface area contributed by atoms with E-state index >= 15 is 0 Å². The number of amides is 1. The van der Waals surface area contributed by atoms with Gasteiger partial charge < -0.3 is 19.5 Å². The Balaban J connectivity index is 1.34. The van der Waals surface area contributed by atoms with E-state index in [-0.39, 0.29) is 12.0 Å². The summed E-state index contributed by atoms with van der Waals surface area (Å²) in [4.78, 5) is 14.8. The lowest BCUT2D eigenvalue weighted by atomic mass is 10.1. The average Bonchev–Trinajstić information content (AvgIpc) is 3.18. The molecule has 9 nitrogen and oxygen atoms in total. The van der Waals surface area contributed by atoms with Crippen LogP contribution < -0.4 is 10.1 Å². The molecule has 4 rings (SSSR count). The van der Waals surface area contributed by atoms with Crippen LogP contribution in [0, 0.1) is 0 Å². The maximum absolute atomic E-state index is 12.5. The normalized spacial score (nSPS) is 19.8. The maximum atomic E-state index is 12.5. The number of benzene rings is 1. The Bertz CT molecular complexity index is 801. The van der Waals surface area contributed by atoms with E-state index < -0.39 is 0 Å². The van der Waals surface area contributed by atoms with Crippen LogP contribution in [-0.4, -0.2) is 72.3 Å². The minimum absolute atomic E-state index is 0.127. The third-order valence-electron chi connectivity index (χ3n) is 5.12. The van der Waals surface area contributed by atoms with Gasteiger partial charge in [-0.05, 0) is 17.7 Å².